The van der Waals surface area contributed by atoms with Gasteiger partial charge in [0.25, 0.3) is 5.91 Å². The van der Waals surface area contributed by atoms with Gasteiger partial charge in [0, 0.05) is 30.5 Å². The van der Waals surface area contributed by atoms with Gasteiger partial charge in [-0.1, -0.05) is 11.6 Å². The number of ether oxygens (including phenoxy) is 2. The second-order valence-corrected chi connectivity index (χ2v) is 5.23. The van der Waals surface area contributed by atoms with Gasteiger partial charge in [-0.05, 0) is 19.1 Å². The van der Waals surface area contributed by atoms with Crippen molar-refractivity contribution in [3.8, 4) is 11.5 Å². The van der Waals surface area contributed by atoms with Crippen molar-refractivity contribution < 1.29 is 14.3 Å². The van der Waals surface area contributed by atoms with Gasteiger partial charge in [0.2, 0.25) is 6.79 Å². The molecule has 2 heterocycles. The van der Waals surface area contributed by atoms with Crippen molar-refractivity contribution in [3.05, 3.63) is 41.4 Å². The lowest BCUT2D eigenvalue weighted by atomic mass is 10.1. The van der Waals surface area contributed by atoms with Crippen LogP contribution in [-0.2, 0) is 6.54 Å². The number of aromatic nitrogens is 2. The monoisotopic (exact) mass is 307 g/mol. The molecule has 0 fully saturated rings. The van der Waals surface area contributed by atoms with Gasteiger partial charge in [0.15, 0.2) is 11.5 Å². The average Bonchev–Trinajstić information content (AvgIpc) is 3.09. The zero-order valence-corrected chi connectivity index (χ0v) is 12.1. The summed E-state index contributed by atoms with van der Waals surface area (Å²) < 4.78 is 12.4. The van der Waals surface area contributed by atoms with Gasteiger partial charge in [-0.2, -0.15) is 0 Å². The molecule has 0 saturated carbocycles. The Labute approximate surface area is 126 Å². The van der Waals surface area contributed by atoms with Crippen LogP contribution in [0.3, 0.4) is 0 Å². The molecule has 1 aromatic carbocycles. The Bertz CT molecular complexity index is 658. The van der Waals surface area contributed by atoms with Crippen LogP contribution in [0.25, 0.3) is 0 Å². The zero-order valence-electron chi connectivity index (χ0n) is 11.4. The van der Waals surface area contributed by atoms with E-state index in [0.29, 0.717) is 28.6 Å². The molecule has 0 spiro atoms. The van der Waals surface area contributed by atoms with E-state index in [-0.39, 0.29) is 18.7 Å². The van der Waals surface area contributed by atoms with E-state index in [0.717, 1.165) is 0 Å². The standard InChI is InChI=1S/C14H14ClN3O3/c1-9(6-18-3-2-16-7-18)17-14(19)10-4-11(15)13-12(5-10)20-8-21-13/h2-5,7,9H,6,8H2,1H3,(H,17,19). The molecular formula is C14H14ClN3O3. The van der Waals surface area contributed by atoms with E-state index in [1.54, 1.807) is 24.7 Å². The summed E-state index contributed by atoms with van der Waals surface area (Å²) in [5.41, 5.74) is 0.446. The van der Waals surface area contributed by atoms with E-state index in [1.807, 2.05) is 17.7 Å². The van der Waals surface area contributed by atoms with Gasteiger partial charge in [-0.25, -0.2) is 4.98 Å². The fourth-order valence-corrected chi connectivity index (χ4v) is 2.43. The van der Waals surface area contributed by atoms with Crippen LogP contribution in [0.15, 0.2) is 30.9 Å². The summed E-state index contributed by atoms with van der Waals surface area (Å²) in [6, 6.07) is 3.16. The van der Waals surface area contributed by atoms with Gasteiger partial charge < -0.3 is 19.4 Å². The highest BCUT2D eigenvalue weighted by molar-refractivity contribution is 6.32. The molecule has 1 aromatic heterocycles. The van der Waals surface area contributed by atoms with Gasteiger partial charge in [-0.3, -0.25) is 4.79 Å². The zero-order chi connectivity index (χ0) is 14.8. The number of amides is 1. The third-order valence-electron chi connectivity index (χ3n) is 3.11. The number of hydrogen-bond acceptors (Lipinski definition) is 4. The van der Waals surface area contributed by atoms with E-state index in [9.17, 15) is 4.79 Å². The first-order valence-electron chi connectivity index (χ1n) is 6.49. The third kappa shape index (κ3) is 2.95. The highest BCUT2D eigenvalue weighted by Gasteiger charge is 2.21. The molecule has 0 bridgehead atoms. The van der Waals surface area contributed by atoms with Gasteiger partial charge in [0.05, 0.1) is 11.3 Å². The Morgan fingerprint density at radius 1 is 1.52 bits per heavy atom. The summed E-state index contributed by atoms with van der Waals surface area (Å²) in [6.45, 7) is 2.69. The number of carbonyl (C=O) groups excluding carboxylic acids is 1. The molecule has 0 radical (unpaired) electrons. The first-order valence-corrected chi connectivity index (χ1v) is 6.87. The number of nitrogens with zero attached hydrogens (tertiary/aromatic N) is 2. The van der Waals surface area contributed by atoms with Crippen molar-refractivity contribution in [2.24, 2.45) is 0 Å². The van der Waals surface area contributed by atoms with Crippen molar-refractivity contribution in [2.75, 3.05) is 6.79 Å². The smallest absolute Gasteiger partial charge is 0.251 e. The molecule has 3 rings (SSSR count). The number of nitrogens with one attached hydrogen (secondary N) is 1. The van der Waals surface area contributed by atoms with Crippen LogP contribution in [-0.4, -0.2) is 28.3 Å². The quantitative estimate of drug-likeness (QED) is 0.939. The second-order valence-electron chi connectivity index (χ2n) is 4.83. The minimum atomic E-state index is -0.206. The lowest BCUT2D eigenvalue weighted by Crippen LogP contribution is -2.35. The number of fused-ring (bicyclic) bond motifs is 1. The van der Waals surface area contributed by atoms with Crippen LogP contribution in [0.4, 0.5) is 0 Å². The van der Waals surface area contributed by atoms with Crippen LogP contribution in [0.5, 0.6) is 11.5 Å². The molecule has 1 atom stereocenters. The minimum absolute atomic E-state index is 0.0455. The van der Waals surface area contributed by atoms with Crippen molar-refractivity contribution >= 4 is 17.5 Å². The number of rotatable bonds is 4. The number of carbonyl (C=O) groups is 1. The van der Waals surface area contributed by atoms with Crippen molar-refractivity contribution in [2.45, 2.75) is 19.5 Å². The fourth-order valence-electron chi connectivity index (χ4n) is 2.16. The van der Waals surface area contributed by atoms with Crippen molar-refractivity contribution in [3.63, 3.8) is 0 Å². The molecule has 0 saturated heterocycles. The molecule has 1 aliphatic rings. The first kappa shape index (κ1) is 13.8. The molecule has 1 aliphatic heterocycles. The fraction of sp³-hybridized carbons (Fsp3) is 0.286. The van der Waals surface area contributed by atoms with E-state index in [4.69, 9.17) is 21.1 Å². The summed E-state index contributed by atoms with van der Waals surface area (Å²) >= 11 is 6.07. The van der Waals surface area contributed by atoms with Gasteiger partial charge in [-0.15, -0.1) is 0 Å². The normalized spacial score (nSPS) is 14.0. The van der Waals surface area contributed by atoms with Gasteiger partial charge >= 0.3 is 0 Å². The summed E-state index contributed by atoms with van der Waals surface area (Å²) in [7, 11) is 0. The van der Waals surface area contributed by atoms with E-state index in [1.165, 1.54) is 0 Å². The number of benzene rings is 1. The molecule has 0 aliphatic carbocycles. The summed E-state index contributed by atoms with van der Waals surface area (Å²) in [4.78, 5) is 16.2. The number of halogens is 1. The first-order chi connectivity index (χ1) is 10.1. The highest BCUT2D eigenvalue weighted by atomic mass is 35.5. The Morgan fingerprint density at radius 3 is 3.14 bits per heavy atom. The predicted molar refractivity (Wildman–Crippen MR) is 76.7 cm³/mol. The van der Waals surface area contributed by atoms with Crippen LogP contribution < -0.4 is 14.8 Å². The maximum atomic E-state index is 12.2. The molecule has 1 unspecified atom stereocenters. The lowest BCUT2D eigenvalue weighted by Gasteiger charge is -2.14. The minimum Gasteiger partial charge on any atom is -0.454 e. The van der Waals surface area contributed by atoms with E-state index in [2.05, 4.69) is 10.3 Å². The Hall–Kier alpha value is -2.21. The van der Waals surface area contributed by atoms with Crippen LogP contribution in [0.2, 0.25) is 5.02 Å². The topological polar surface area (TPSA) is 65.4 Å². The Kier molecular flexibility index (Phi) is 3.70. The summed E-state index contributed by atoms with van der Waals surface area (Å²) in [5, 5.41) is 3.28. The van der Waals surface area contributed by atoms with Gasteiger partial charge in [0.1, 0.15) is 0 Å². The third-order valence-corrected chi connectivity index (χ3v) is 3.39. The van der Waals surface area contributed by atoms with E-state index >= 15 is 0 Å². The molecule has 1 amide bonds. The molecule has 21 heavy (non-hydrogen) atoms. The maximum Gasteiger partial charge on any atom is 0.251 e. The second kappa shape index (κ2) is 5.65. The summed E-state index contributed by atoms with van der Waals surface area (Å²) in [6.07, 6.45) is 5.26. The van der Waals surface area contributed by atoms with Crippen molar-refractivity contribution in [1.82, 2.24) is 14.9 Å². The van der Waals surface area contributed by atoms with Crippen LogP contribution >= 0.6 is 11.6 Å². The predicted octanol–water partition coefficient (Wildman–Crippen LogP) is 2.08. The lowest BCUT2D eigenvalue weighted by molar-refractivity contribution is 0.0936. The molecule has 7 heteroatoms. The Balaban J connectivity index is 1.69. The maximum absolute atomic E-state index is 12.2. The largest absolute Gasteiger partial charge is 0.454 e. The van der Waals surface area contributed by atoms with Crippen molar-refractivity contribution in [1.29, 1.82) is 0 Å². The van der Waals surface area contributed by atoms with Crippen LogP contribution in [0, 0.1) is 0 Å². The average molecular weight is 308 g/mol. The molecule has 6 nitrogen and oxygen atoms in total. The highest BCUT2D eigenvalue weighted by Crippen LogP contribution is 2.39. The number of imidazole rings is 1. The number of hydrogen-bond donors (Lipinski definition) is 1. The van der Waals surface area contributed by atoms with E-state index < -0.39 is 0 Å². The Morgan fingerprint density at radius 2 is 2.38 bits per heavy atom. The molecule has 1 N–H and O–H groups in total. The SMILES string of the molecule is CC(Cn1ccnc1)NC(=O)c1cc(Cl)c2c(c1)OCO2. The molecule has 110 valence electrons. The van der Waals surface area contributed by atoms with Crippen LogP contribution in [0.1, 0.15) is 17.3 Å². The molecule has 2 aromatic rings. The summed E-state index contributed by atoms with van der Waals surface area (Å²) in [5.74, 6) is 0.775. The molecular weight excluding hydrogens is 294 g/mol.